The Morgan fingerprint density at radius 2 is 1.62 bits per heavy atom. The van der Waals surface area contributed by atoms with E-state index in [2.05, 4.69) is 21.2 Å². The van der Waals surface area contributed by atoms with Crippen LogP contribution in [0.25, 0.3) is 5.52 Å². The summed E-state index contributed by atoms with van der Waals surface area (Å²) in [6, 6.07) is 21.0. The minimum absolute atomic E-state index is 0.00415. The Bertz CT molecular complexity index is 2140. The maximum atomic E-state index is 15.0. The van der Waals surface area contributed by atoms with Crippen molar-refractivity contribution in [2.75, 3.05) is 26.1 Å². The first-order valence-electron chi connectivity index (χ1n) is 18.6. The van der Waals surface area contributed by atoms with E-state index in [1.54, 1.807) is 90.1 Å². The third-order valence-electron chi connectivity index (χ3n) is 9.24. The van der Waals surface area contributed by atoms with Crippen molar-refractivity contribution in [1.82, 2.24) is 19.7 Å². The lowest BCUT2D eigenvalue weighted by Crippen LogP contribution is -2.47. The van der Waals surface area contributed by atoms with Gasteiger partial charge in [0.1, 0.15) is 42.4 Å². The van der Waals surface area contributed by atoms with Gasteiger partial charge in [0, 0.05) is 7.11 Å². The number of methoxy groups -OCH3 is 1. The third-order valence-corrected chi connectivity index (χ3v) is 10.8. The molecule has 4 aromatic rings. The van der Waals surface area contributed by atoms with Crippen LogP contribution in [0.2, 0.25) is 0 Å². The Balaban J connectivity index is 1.57. The highest BCUT2D eigenvalue weighted by atomic mass is 31.2. The van der Waals surface area contributed by atoms with Crippen LogP contribution in [0.5, 0.6) is 5.75 Å². The van der Waals surface area contributed by atoms with Crippen molar-refractivity contribution < 1.29 is 51.7 Å². The summed E-state index contributed by atoms with van der Waals surface area (Å²) in [6.07, 6.45) is -3.37. The molecule has 1 fully saturated rings. The lowest BCUT2D eigenvalue weighted by Gasteiger charge is -2.29. The number of benzene rings is 2. The molecule has 310 valence electrons. The van der Waals surface area contributed by atoms with E-state index in [4.69, 9.17) is 38.5 Å². The van der Waals surface area contributed by atoms with Gasteiger partial charge >= 0.3 is 25.7 Å². The van der Waals surface area contributed by atoms with Crippen molar-refractivity contribution in [2.45, 2.75) is 83.5 Å². The van der Waals surface area contributed by atoms with E-state index < -0.39 is 79.7 Å². The van der Waals surface area contributed by atoms with Crippen molar-refractivity contribution in [3.05, 3.63) is 90.4 Å². The zero-order valence-electron chi connectivity index (χ0n) is 33.4. The summed E-state index contributed by atoms with van der Waals surface area (Å²) in [4.78, 5) is 44.4. The number of nitrogen functional groups attached to an aromatic ring is 1. The summed E-state index contributed by atoms with van der Waals surface area (Å²) in [6.45, 7) is 9.05. The highest BCUT2D eigenvalue weighted by Crippen LogP contribution is 2.49. The van der Waals surface area contributed by atoms with E-state index in [1.165, 1.54) is 36.2 Å². The summed E-state index contributed by atoms with van der Waals surface area (Å²) in [5, 5.41) is 18.0. The average molecular weight is 821 g/mol. The normalized spacial score (nSPS) is 20.9. The highest BCUT2D eigenvalue weighted by molar-refractivity contribution is 7.52. The van der Waals surface area contributed by atoms with Gasteiger partial charge in [0.25, 0.3) is 0 Å². The second-order valence-corrected chi connectivity index (χ2v) is 16.6. The molecule has 3 heterocycles. The first-order valence-corrected chi connectivity index (χ1v) is 20.2. The summed E-state index contributed by atoms with van der Waals surface area (Å²) in [5.74, 6) is -3.35. The van der Waals surface area contributed by atoms with Gasteiger partial charge in [-0.25, -0.2) is 14.1 Å². The standard InChI is InChI=1S/C40H49N6O11P/c1-25(2)36(47)54-33-31(56-40(22-41,34(33)55-37(48)26(3)4)32-19-18-30-35(42)43-24-44-46(30)32)21-53-58(50,57-28-16-12-9-13-17-28)45-29(20-27-14-10-8-11-15-27)38(49)52-23-39(5,6)51-7/h8-19,24-26,29,31,33-34H,20-21,23H2,1-7H3,(H,45,50)(H2,42,43,44)/t29-,31+,33+,34+,40-,58+/m0/s1. The molecule has 2 aromatic carbocycles. The number of ether oxygens (including phenoxy) is 5. The molecule has 0 spiro atoms. The molecule has 1 saturated heterocycles. The maximum Gasteiger partial charge on any atom is 0.459 e. The van der Waals surface area contributed by atoms with Gasteiger partial charge in [-0.1, -0.05) is 76.2 Å². The van der Waals surface area contributed by atoms with Crippen molar-refractivity contribution in [3.8, 4) is 11.8 Å². The number of anilines is 1. The molecular weight excluding hydrogens is 771 g/mol. The number of carbonyl (C=O) groups is 3. The Kier molecular flexibility index (Phi) is 13.9. The molecule has 2 aromatic heterocycles. The van der Waals surface area contributed by atoms with Crippen molar-refractivity contribution in [1.29, 1.82) is 5.26 Å². The van der Waals surface area contributed by atoms with Gasteiger partial charge in [-0.3, -0.25) is 18.9 Å². The van der Waals surface area contributed by atoms with Crippen LogP contribution in [0.3, 0.4) is 0 Å². The number of hydrogen-bond donors (Lipinski definition) is 2. The number of nitrogens with two attached hydrogens (primary N) is 1. The zero-order chi connectivity index (χ0) is 42.3. The molecule has 5 rings (SSSR count). The largest absolute Gasteiger partial charge is 0.461 e. The molecule has 58 heavy (non-hydrogen) atoms. The van der Waals surface area contributed by atoms with Crippen LogP contribution in [-0.4, -0.2) is 82.8 Å². The van der Waals surface area contributed by atoms with Crippen LogP contribution in [0.15, 0.2) is 79.1 Å². The number of fused-ring (bicyclic) bond motifs is 1. The Morgan fingerprint density at radius 3 is 2.24 bits per heavy atom. The molecule has 0 unspecified atom stereocenters. The second-order valence-electron chi connectivity index (χ2n) is 14.9. The van der Waals surface area contributed by atoms with Crippen molar-refractivity contribution in [3.63, 3.8) is 0 Å². The highest BCUT2D eigenvalue weighted by Gasteiger charge is 2.63. The summed E-state index contributed by atoms with van der Waals surface area (Å²) in [7, 11) is -3.16. The van der Waals surface area contributed by atoms with Crippen molar-refractivity contribution >= 4 is 37.0 Å². The van der Waals surface area contributed by atoms with Crippen LogP contribution in [0.4, 0.5) is 5.82 Å². The number of hydrogen-bond acceptors (Lipinski definition) is 15. The molecule has 17 nitrogen and oxygen atoms in total. The molecule has 1 aliphatic rings. The SMILES string of the molecule is COC(C)(C)COC(=O)[C@H](Cc1ccccc1)N[P@@](=O)(OC[C@H]1O[C@@](C#N)(c2ccc3c(N)ncnn23)[C@H](OC(=O)C(C)C)[C@@H]1OC(=O)C(C)C)Oc1ccccc1. The fourth-order valence-corrected chi connectivity index (χ4v) is 7.34. The van der Waals surface area contributed by atoms with Crippen molar-refractivity contribution in [2.24, 2.45) is 11.8 Å². The number of rotatable bonds is 18. The van der Waals surface area contributed by atoms with Gasteiger partial charge in [-0.15, -0.1) is 0 Å². The number of aromatic nitrogens is 3. The molecule has 18 heteroatoms. The summed E-state index contributed by atoms with van der Waals surface area (Å²) < 4.78 is 57.9. The summed E-state index contributed by atoms with van der Waals surface area (Å²) >= 11 is 0. The first-order chi connectivity index (χ1) is 27.5. The Morgan fingerprint density at radius 1 is 0.983 bits per heavy atom. The van der Waals surface area contributed by atoms with E-state index >= 15 is 4.57 Å². The number of nitrogens with zero attached hydrogens (tertiary/aromatic N) is 4. The predicted octanol–water partition coefficient (Wildman–Crippen LogP) is 4.94. The van der Waals surface area contributed by atoms with Gasteiger partial charge in [-0.2, -0.15) is 15.4 Å². The third kappa shape index (κ3) is 10.2. The molecule has 0 radical (unpaired) electrons. The fraction of sp³-hybridized carbons (Fsp3) is 0.450. The van der Waals surface area contributed by atoms with E-state index in [1.807, 2.05) is 6.07 Å². The van der Waals surface area contributed by atoms with Gasteiger partial charge in [0.2, 0.25) is 5.60 Å². The lowest BCUT2D eigenvalue weighted by molar-refractivity contribution is -0.173. The van der Waals surface area contributed by atoms with E-state index in [-0.39, 0.29) is 30.3 Å². The van der Waals surface area contributed by atoms with E-state index in [0.29, 0.717) is 11.1 Å². The smallest absolute Gasteiger partial charge is 0.459 e. The van der Waals surface area contributed by atoms with Crippen LogP contribution >= 0.6 is 7.75 Å². The molecule has 1 aliphatic heterocycles. The molecule has 0 bridgehead atoms. The number of nitrogens with one attached hydrogen (secondary N) is 1. The molecule has 0 aliphatic carbocycles. The summed E-state index contributed by atoms with van der Waals surface area (Å²) in [5.41, 5.74) is 4.17. The van der Waals surface area contributed by atoms with Gasteiger partial charge < -0.3 is 33.9 Å². The number of para-hydroxylation sites is 1. The molecule has 3 N–H and O–H groups in total. The zero-order valence-corrected chi connectivity index (χ0v) is 34.3. The van der Waals surface area contributed by atoms with Gasteiger partial charge in [-0.05, 0) is 50.1 Å². The lowest BCUT2D eigenvalue weighted by atomic mass is 9.92. The van der Waals surface area contributed by atoms with E-state index in [0.717, 1.165) is 0 Å². The first kappa shape index (κ1) is 43.7. The van der Waals surface area contributed by atoms with Gasteiger partial charge in [0.05, 0.1) is 29.7 Å². The molecule has 0 amide bonds. The average Bonchev–Trinajstić information content (AvgIpc) is 3.77. The quantitative estimate of drug-likeness (QED) is 0.0770. The minimum Gasteiger partial charge on any atom is -0.461 e. The van der Waals surface area contributed by atoms with Crippen LogP contribution < -0.4 is 15.3 Å². The van der Waals surface area contributed by atoms with Crippen LogP contribution in [0.1, 0.15) is 52.8 Å². The van der Waals surface area contributed by atoms with Gasteiger partial charge in [0.15, 0.2) is 18.0 Å². The second kappa shape index (κ2) is 18.5. The van der Waals surface area contributed by atoms with Crippen LogP contribution in [0, 0.1) is 23.2 Å². The Labute approximate surface area is 336 Å². The number of esters is 3. The predicted molar refractivity (Wildman–Crippen MR) is 209 cm³/mol. The van der Waals surface area contributed by atoms with E-state index in [9.17, 15) is 19.6 Å². The number of nitriles is 1. The monoisotopic (exact) mass is 820 g/mol. The fourth-order valence-electron chi connectivity index (χ4n) is 5.84. The number of carbonyl (C=O) groups excluding carboxylic acids is 3. The molecule has 0 saturated carbocycles. The Hall–Kier alpha value is -5.37. The topological polar surface area (TPSA) is 225 Å². The minimum atomic E-state index is -4.65. The van der Waals surface area contributed by atoms with Crippen LogP contribution in [-0.2, 0) is 59.2 Å². The maximum absolute atomic E-state index is 15.0. The molecular formula is C40H49N6O11P. The molecule has 6 atom stereocenters.